The van der Waals surface area contributed by atoms with Gasteiger partial charge in [0.25, 0.3) is 0 Å². The van der Waals surface area contributed by atoms with Crippen LogP contribution in [-0.2, 0) is 16.0 Å². The van der Waals surface area contributed by atoms with E-state index in [0.29, 0.717) is 26.1 Å². The van der Waals surface area contributed by atoms with Gasteiger partial charge in [0, 0.05) is 36.6 Å². The maximum atomic E-state index is 12.5. The molecule has 2 rings (SSSR count). The molecule has 138 valence electrons. The number of rotatable bonds is 3. The van der Waals surface area contributed by atoms with Gasteiger partial charge >= 0.3 is 6.09 Å². The molecule has 1 aromatic rings. The molecule has 25 heavy (non-hydrogen) atoms. The predicted octanol–water partition coefficient (Wildman–Crippen LogP) is 3.85. The van der Waals surface area contributed by atoms with Crippen molar-refractivity contribution in [1.82, 2.24) is 9.80 Å². The maximum absolute atomic E-state index is 12.5. The van der Waals surface area contributed by atoms with Crippen LogP contribution in [0.4, 0.5) is 4.79 Å². The summed E-state index contributed by atoms with van der Waals surface area (Å²) in [7, 11) is 0. The maximum Gasteiger partial charge on any atom is 0.410 e. The summed E-state index contributed by atoms with van der Waals surface area (Å²) >= 11 is 3.41. The lowest BCUT2D eigenvalue weighted by Gasteiger charge is -2.40. The van der Waals surface area contributed by atoms with Crippen LogP contribution in [0.25, 0.3) is 0 Å². The minimum absolute atomic E-state index is 0.0415. The van der Waals surface area contributed by atoms with Gasteiger partial charge in [0.2, 0.25) is 5.91 Å². The van der Waals surface area contributed by atoms with Crippen molar-refractivity contribution in [1.29, 1.82) is 0 Å². The van der Waals surface area contributed by atoms with Gasteiger partial charge in [-0.05, 0) is 51.8 Å². The average Bonchev–Trinajstić information content (AvgIpc) is 2.52. The van der Waals surface area contributed by atoms with E-state index >= 15 is 0 Å². The van der Waals surface area contributed by atoms with Crippen LogP contribution in [0, 0.1) is 0 Å². The third-order valence-electron chi connectivity index (χ3n) is 4.15. The number of hydrogen-bond donors (Lipinski definition) is 0. The Kier molecular flexibility index (Phi) is 6.49. The molecule has 0 bridgehead atoms. The minimum Gasteiger partial charge on any atom is -0.444 e. The van der Waals surface area contributed by atoms with E-state index in [-0.39, 0.29) is 18.0 Å². The third-order valence-corrected chi connectivity index (χ3v) is 4.68. The van der Waals surface area contributed by atoms with E-state index < -0.39 is 5.60 Å². The molecule has 1 aromatic carbocycles. The first-order chi connectivity index (χ1) is 11.7. The summed E-state index contributed by atoms with van der Waals surface area (Å²) in [5, 5.41) is 0. The van der Waals surface area contributed by atoms with Gasteiger partial charge in [-0.1, -0.05) is 28.1 Å². The fourth-order valence-electron chi connectivity index (χ4n) is 2.84. The normalized spacial score (nSPS) is 18.2. The number of nitrogens with zero attached hydrogens (tertiary/aromatic N) is 2. The van der Waals surface area contributed by atoms with Gasteiger partial charge in [-0.25, -0.2) is 4.79 Å². The second-order valence-electron chi connectivity index (χ2n) is 7.49. The Hall–Kier alpha value is -1.56. The smallest absolute Gasteiger partial charge is 0.410 e. The first-order valence-corrected chi connectivity index (χ1v) is 9.47. The monoisotopic (exact) mass is 410 g/mol. The summed E-state index contributed by atoms with van der Waals surface area (Å²) in [6.45, 7) is 9.16. The number of hydrogen-bond acceptors (Lipinski definition) is 3. The number of carbonyl (C=O) groups is 2. The van der Waals surface area contributed by atoms with Gasteiger partial charge in [0.05, 0.1) is 0 Å². The van der Waals surface area contributed by atoms with E-state index in [1.807, 2.05) is 56.9 Å². The van der Waals surface area contributed by atoms with Crippen molar-refractivity contribution in [3.8, 4) is 0 Å². The summed E-state index contributed by atoms with van der Waals surface area (Å²) in [4.78, 5) is 28.3. The summed E-state index contributed by atoms with van der Waals surface area (Å²) in [5.74, 6) is 0.138. The first kappa shape index (κ1) is 19.8. The first-order valence-electron chi connectivity index (χ1n) is 8.67. The summed E-state index contributed by atoms with van der Waals surface area (Å²) < 4.78 is 6.47. The van der Waals surface area contributed by atoms with Crippen molar-refractivity contribution in [2.24, 2.45) is 0 Å². The van der Waals surface area contributed by atoms with Gasteiger partial charge in [-0.2, -0.15) is 0 Å². The molecule has 1 atom stereocenters. The Morgan fingerprint density at radius 1 is 1.20 bits per heavy atom. The third kappa shape index (κ3) is 6.03. The molecule has 6 heteroatoms. The van der Waals surface area contributed by atoms with Crippen LogP contribution in [0.2, 0.25) is 0 Å². The zero-order chi connectivity index (χ0) is 18.6. The van der Waals surface area contributed by atoms with Gasteiger partial charge in [0.1, 0.15) is 5.60 Å². The summed E-state index contributed by atoms with van der Waals surface area (Å²) in [6, 6.07) is 7.99. The number of piperazine rings is 1. The van der Waals surface area contributed by atoms with Gasteiger partial charge in [0.15, 0.2) is 0 Å². The molecule has 0 spiro atoms. The fourth-order valence-corrected chi connectivity index (χ4v) is 3.10. The molecule has 0 N–H and O–H groups in total. The molecule has 2 amide bonds. The molecular formula is C19H27BrN2O3. The highest BCUT2D eigenvalue weighted by atomic mass is 79.9. The van der Waals surface area contributed by atoms with E-state index in [1.54, 1.807) is 4.90 Å². The molecule has 1 unspecified atom stereocenters. The van der Waals surface area contributed by atoms with Crippen molar-refractivity contribution in [3.05, 3.63) is 34.3 Å². The molecule has 5 nitrogen and oxygen atoms in total. The Labute approximate surface area is 158 Å². The van der Waals surface area contributed by atoms with Crippen molar-refractivity contribution in [2.45, 2.75) is 52.2 Å². The zero-order valence-electron chi connectivity index (χ0n) is 15.4. The molecule has 0 radical (unpaired) electrons. The minimum atomic E-state index is -0.506. The van der Waals surface area contributed by atoms with Crippen molar-refractivity contribution >= 4 is 27.9 Å². The van der Waals surface area contributed by atoms with Crippen LogP contribution in [0.15, 0.2) is 28.7 Å². The molecule has 1 heterocycles. The summed E-state index contributed by atoms with van der Waals surface area (Å²) in [5.41, 5.74) is 0.644. The summed E-state index contributed by atoms with van der Waals surface area (Å²) in [6.07, 6.45) is 0.912. The number of amides is 2. The van der Waals surface area contributed by atoms with E-state index in [0.717, 1.165) is 16.5 Å². The van der Waals surface area contributed by atoms with Crippen molar-refractivity contribution in [2.75, 3.05) is 19.6 Å². The lowest BCUT2D eigenvalue weighted by atomic mass is 10.1. The van der Waals surface area contributed by atoms with Gasteiger partial charge in [-0.15, -0.1) is 0 Å². The van der Waals surface area contributed by atoms with Crippen LogP contribution in [0.3, 0.4) is 0 Å². The van der Waals surface area contributed by atoms with Crippen LogP contribution in [0.1, 0.15) is 39.7 Å². The largest absolute Gasteiger partial charge is 0.444 e. The van der Waals surface area contributed by atoms with Crippen LogP contribution in [-0.4, -0.2) is 53.1 Å². The van der Waals surface area contributed by atoms with Crippen LogP contribution >= 0.6 is 15.9 Å². The number of benzene rings is 1. The Morgan fingerprint density at radius 3 is 2.40 bits per heavy atom. The lowest BCUT2D eigenvalue weighted by Crippen LogP contribution is -2.56. The molecular weight excluding hydrogens is 384 g/mol. The highest BCUT2D eigenvalue weighted by Gasteiger charge is 2.32. The van der Waals surface area contributed by atoms with E-state index in [4.69, 9.17) is 4.74 Å². The molecule has 0 aliphatic carbocycles. The van der Waals surface area contributed by atoms with Crippen molar-refractivity contribution < 1.29 is 14.3 Å². The average molecular weight is 411 g/mol. The molecule has 0 saturated carbocycles. The zero-order valence-corrected chi connectivity index (χ0v) is 17.0. The van der Waals surface area contributed by atoms with Crippen LogP contribution < -0.4 is 0 Å². The Balaban J connectivity index is 1.84. The molecule has 1 aliphatic rings. The molecule has 0 aromatic heterocycles. The van der Waals surface area contributed by atoms with E-state index in [2.05, 4.69) is 15.9 Å². The molecule has 1 fully saturated rings. The highest BCUT2D eigenvalue weighted by Crippen LogP contribution is 2.17. The Morgan fingerprint density at radius 2 is 1.84 bits per heavy atom. The van der Waals surface area contributed by atoms with E-state index in [9.17, 15) is 9.59 Å². The van der Waals surface area contributed by atoms with Crippen molar-refractivity contribution in [3.63, 3.8) is 0 Å². The highest BCUT2D eigenvalue weighted by molar-refractivity contribution is 9.10. The number of halogens is 1. The van der Waals surface area contributed by atoms with Crippen LogP contribution in [0.5, 0.6) is 0 Å². The quantitative estimate of drug-likeness (QED) is 0.759. The molecule has 1 saturated heterocycles. The number of carbonyl (C=O) groups excluding carboxylic acids is 2. The lowest BCUT2D eigenvalue weighted by molar-refractivity contribution is -0.134. The standard InChI is InChI=1S/C19H27BrN2O3/c1-14-13-21(11-12-22(14)18(24)25-19(2,3)4)17(23)10-7-15-5-8-16(20)9-6-15/h5-6,8-9,14H,7,10-13H2,1-4H3. The second kappa shape index (κ2) is 8.21. The SMILES string of the molecule is CC1CN(C(=O)CCc2ccc(Br)cc2)CCN1C(=O)OC(C)(C)C. The molecule has 1 aliphatic heterocycles. The number of ether oxygens (including phenoxy) is 1. The van der Waals surface area contributed by atoms with Gasteiger partial charge < -0.3 is 14.5 Å². The second-order valence-corrected chi connectivity index (χ2v) is 8.40. The Bertz CT molecular complexity index is 610. The van der Waals surface area contributed by atoms with Gasteiger partial charge in [-0.3, -0.25) is 4.79 Å². The fraction of sp³-hybridized carbons (Fsp3) is 0.579. The number of aryl methyl sites for hydroxylation is 1. The topological polar surface area (TPSA) is 49.9 Å². The van der Waals surface area contributed by atoms with E-state index in [1.165, 1.54) is 0 Å². The predicted molar refractivity (Wildman–Crippen MR) is 101 cm³/mol.